The predicted molar refractivity (Wildman–Crippen MR) is 114 cm³/mol. The summed E-state index contributed by atoms with van der Waals surface area (Å²) in [6.45, 7) is 12.3. The molecule has 9 heteroatoms. The van der Waals surface area contributed by atoms with Gasteiger partial charge in [0.1, 0.15) is 10.4 Å². The fourth-order valence-corrected chi connectivity index (χ4v) is 4.71. The number of nitrogens with one attached hydrogen (secondary N) is 2. The molecule has 2 N–H and O–H groups in total. The number of amides is 1. The minimum absolute atomic E-state index is 0.00258. The average molecular weight is 423 g/mol. The van der Waals surface area contributed by atoms with Crippen molar-refractivity contribution in [2.45, 2.75) is 79.1 Å². The summed E-state index contributed by atoms with van der Waals surface area (Å²) in [5.41, 5.74) is 5.22. The van der Waals surface area contributed by atoms with Crippen LogP contribution in [-0.2, 0) is 17.8 Å². The molecule has 8 nitrogen and oxygen atoms in total. The van der Waals surface area contributed by atoms with Crippen molar-refractivity contribution < 1.29 is 9.53 Å². The van der Waals surface area contributed by atoms with Crippen molar-refractivity contribution in [1.29, 1.82) is 0 Å². The highest BCUT2D eigenvalue weighted by Gasteiger charge is 2.38. The average Bonchev–Trinajstić information content (AvgIpc) is 3.21. The van der Waals surface area contributed by atoms with Gasteiger partial charge >= 0.3 is 11.8 Å². The fourth-order valence-electron chi connectivity index (χ4n) is 3.45. The molecule has 29 heavy (non-hydrogen) atoms. The molecule has 0 saturated heterocycles. The maximum Gasteiger partial charge on any atom is 0.422 e. The summed E-state index contributed by atoms with van der Waals surface area (Å²) >= 11 is 1.42. The smallest absolute Gasteiger partial charge is 0.422 e. The number of carbonyl (C=O) groups is 1. The van der Waals surface area contributed by atoms with E-state index in [0.717, 1.165) is 23.3 Å². The van der Waals surface area contributed by atoms with Gasteiger partial charge in [0.2, 0.25) is 0 Å². The first-order valence-electron chi connectivity index (χ1n) is 10.0. The molecule has 2 aromatic heterocycles. The Morgan fingerprint density at radius 3 is 2.52 bits per heavy atom. The monoisotopic (exact) mass is 422 g/mol. The van der Waals surface area contributed by atoms with Crippen molar-refractivity contribution in [3.8, 4) is 0 Å². The molecule has 0 aromatic carbocycles. The topological polar surface area (TPSA) is 94.4 Å². The Bertz CT molecular complexity index is 1040. The zero-order chi connectivity index (χ0) is 21.5. The van der Waals surface area contributed by atoms with Crippen LogP contribution in [0.15, 0.2) is 9.59 Å². The number of aromatic nitrogens is 2. The molecule has 2 atom stereocenters. The maximum absolute atomic E-state index is 13.2. The van der Waals surface area contributed by atoms with Crippen molar-refractivity contribution in [2.24, 2.45) is 5.92 Å². The first kappa shape index (κ1) is 21.6. The van der Waals surface area contributed by atoms with Crippen molar-refractivity contribution in [1.82, 2.24) is 20.0 Å². The lowest BCUT2D eigenvalue weighted by molar-refractivity contribution is 0.0497. The number of thiophene rings is 1. The number of carbonyl (C=O) groups excluding carboxylic acids is 1. The molecule has 0 spiro atoms. The Balaban J connectivity index is 1.93. The number of rotatable bonds is 6. The van der Waals surface area contributed by atoms with Gasteiger partial charge in [0.15, 0.2) is 0 Å². The molecular weight excluding hydrogens is 392 g/mol. The van der Waals surface area contributed by atoms with E-state index in [1.807, 2.05) is 13.8 Å². The summed E-state index contributed by atoms with van der Waals surface area (Å²) in [4.78, 5) is 39.6. The Hall–Kier alpha value is -2.13. The van der Waals surface area contributed by atoms with Crippen LogP contribution in [0.3, 0.4) is 0 Å². The van der Waals surface area contributed by atoms with Crippen LogP contribution in [0.2, 0.25) is 0 Å². The zero-order valence-electron chi connectivity index (χ0n) is 17.9. The van der Waals surface area contributed by atoms with Crippen LogP contribution in [0.1, 0.15) is 63.9 Å². The largest absolute Gasteiger partial charge is 0.443 e. The normalized spacial score (nSPS) is 18.8. The maximum atomic E-state index is 13.2. The third-order valence-electron chi connectivity index (χ3n) is 5.03. The standard InChI is InChI=1S/C20H30N4O4S/c1-7-8-23-17-15(16(25)24(19(23)27)13-9-11(13)2)12(3)14(29-17)10-21-22-18(26)28-20(4,5)6/h11,13,21H,7-10H2,1-6H3,(H,22,26)/t11-,13-/m0/s1. The lowest BCUT2D eigenvalue weighted by atomic mass is 10.2. The number of ether oxygens (including phenoxy) is 1. The SMILES string of the molecule is CCCn1c(=O)n([C@H]2C[C@@H]2C)c(=O)c2c(C)c(CNNC(=O)OC(C)(C)C)sc21. The van der Waals surface area contributed by atoms with E-state index in [-0.39, 0.29) is 17.3 Å². The van der Waals surface area contributed by atoms with Crippen LogP contribution >= 0.6 is 11.3 Å². The van der Waals surface area contributed by atoms with Crippen LogP contribution in [0, 0.1) is 12.8 Å². The van der Waals surface area contributed by atoms with Crippen LogP contribution in [0.25, 0.3) is 10.2 Å². The van der Waals surface area contributed by atoms with Gasteiger partial charge in [-0.2, -0.15) is 0 Å². The molecule has 2 aromatic rings. The van der Waals surface area contributed by atoms with Gasteiger partial charge in [-0.1, -0.05) is 13.8 Å². The Kier molecular flexibility index (Phi) is 5.91. The number of hydrazine groups is 1. The van der Waals surface area contributed by atoms with Gasteiger partial charge < -0.3 is 4.74 Å². The van der Waals surface area contributed by atoms with Crippen molar-refractivity contribution in [2.75, 3.05) is 0 Å². The van der Waals surface area contributed by atoms with E-state index in [9.17, 15) is 14.4 Å². The number of nitrogens with zero attached hydrogens (tertiary/aromatic N) is 2. The molecule has 2 heterocycles. The van der Waals surface area contributed by atoms with Crippen LogP contribution < -0.4 is 22.1 Å². The fraction of sp³-hybridized carbons (Fsp3) is 0.650. The van der Waals surface area contributed by atoms with Gasteiger partial charge in [0.25, 0.3) is 5.56 Å². The summed E-state index contributed by atoms with van der Waals surface area (Å²) in [6, 6.07) is -0.00258. The molecule has 1 saturated carbocycles. The highest BCUT2D eigenvalue weighted by atomic mass is 32.1. The summed E-state index contributed by atoms with van der Waals surface area (Å²) < 4.78 is 8.37. The summed E-state index contributed by atoms with van der Waals surface area (Å²) in [5, 5.41) is 0.608. The molecule has 0 unspecified atom stereocenters. The second-order valence-corrected chi connectivity index (χ2v) is 9.78. The molecule has 160 valence electrons. The molecule has 0 radical (unpaired) electrons. The summed E-state index contributed by atoms with van der Waals surface area (Å²) in [6.07, 6.45) is 1.10. The second-order valence-electron chi connectivity index (χ2n) is 8.70. The molecule has 0 bridgehead atoms. The van der Waals surface area contributed by atoms with E-state index < -0.39 is 11.7 Å². The van der Waals surface area contributed by atoms with E-state index >= 15 is 0 Å². The lowest BCUT2D eigenvalue weighted by Gasteiger charge is -2.19. The first-order chi connectivity index (χ1) is 13.5. The number of aryl methyl sites for hydroxylation is 2. The van der Waals surface area contributed by atoms with E-state index in [1.165, 1.54) is 15.9 Å². The van der Waals surface area contributed by atoms with Crippen molar-refractivity contribution in [3.63, 3.8) is 0 Å². The molecule has 1 fully saturated rings. The van der Waals surface area contributed by atoms with E-state index in [2.05, 4.69) is 17.8 Å². The quantitative estimate of drug-likeness (QED) is 0.698. The zero-order valence-corrected chi connectivity index (χ0v) is 18.7. The first-order valence-corrected chi connectivity index (χ1v) is 10.9. The molecule has 1 amide bonds. The van der Waals surface area contributed by atoms with Crippen LogP contribution in [0.4, 0.5) is 4.79 Å². The third kappa shape index (κ3) is 4.40. The molecule has 3 rings (SSSR count). The third-order valence-corrected chi connectivity index (χ3v) is 6.34. The van der Waals surface area contributed by atoms with Gasteiger partial charge in [-0.25, -0.2) is 15.0 Å². The van der Waals surface area contributed by atoms with Crippen molar-refractivity contribution >= 4 is 27.6 Å². The minimum atomic E-state index is -0.583. The Labute approximate surface area is 173 Å². The Morgan fingerprint density at radius 1 is 1.31 bits per heavy atom. The van der Waals surface area contributed by atoms with Gasteiger partial charge in [-0.3, -0.25) is 19.4 Å². The van der Waals surface area contributed by atoms with Crippen molar-refractivity contribution in [3.05, 3.63) is 31.3 Å². The number of hydrogen-bond acceptors (Lipinski definition) is 6. The summed E-state index contributed by atoms with van der Waals surface area (Å²) in [5.74, 6) is 0.353. The minimum Gasteiger partial charge on any atom is -0.443 e. The summed E-state index contributed by atoms with van der Waals surface area (Å²) in [7, 11) is 0. The second kappa shape index (κ2) is 7.95. The van der Waals surface area contributed by atoms with Gasteiger partial charge in [-0.05, 0) is 52.0 Å². The van der Waals surface area contributed by atoms with E-state index in [0.29, 0.717) is 29.2 Å². The van der Waals surface area contributed by atoms with Gasteiger partial charge in [0.05, 0.1) is 5.39 Å². The van der Waals surface area contributed by atoms with Crippen LogP contribution in [0.5, 0.6) is 0 Å². The molecule has 1 aliphatic rings. The number of hydrogen-bond donors (Lipinski definition) is 2. The highest BCUT2D eigenvalue weighted by Crippen LogP contribution is 2.41. The van der Waals surface area contributed by atoms with E-state index in [1.54, 1.807) is 25.3 Å². The van der Waals surface area contributed by atoms with E-state index in [4.69, 9.17) is 4.74 Å². The van der Waals surface area contributed by atoms with Gasteiger partial charge in [-0.15, -0.1) is 11.3 Å². The molecule has 1 aliphatic carbocycles. The number of fused-ring (bicyclic) bond motifs is 1. The van der Waals surface area contributed by atoms with Gasteiger partial charge in [0, 0.05) is 24.0 Å². The lowest BCUT2D eigenvalue weighted by Crippen LogP contribution is -2.40. The predicted octanol–water partition coefficient (Wildman–Crippen LogP) is 3.05. The molecular formula is C20H30N4O4S. The van der Waals surface area contributed by atoms with Crippen LogP contribution in [-0.4, -0.2) is 20.8 Å². The highest BCUT2D eigenvalue weighted by molar-refractivity contribution is 7.18. The Morgan fingerprint density at radius 2 is 1.97 bits per heavy atom. The molecule has 0 aliphatic heterocycles.